The number of benzene rings is 2. The number of nitrogens with zero attached hydrogens (tertiary/aromatic N) is 1. The van der Waals surface area contributed by atoms with Crippen molar-refractivity contribution in [3.63, 3.8) is 0 Å². The number of nitrogen functional groups attached to an aromatic ring is 1. The zero-order valence-corrected chi connectivity index (χ0v) is 20.9. The molecule has 11 heteroatoms. The van der Waals surface area contributed by atoms with Crippen molar-refractivity contribution in [3.05, 3.63) is 60.2 Å². The highest BCUT2D eigenvalue weighted by atomic mass is 32.2. The summed E-state index contributed by atoms with van der Waals surface area (Å²) in [5.41, 5.74) is 6.30. The first-order chi connectivity index (χ1) is 23.1. The minimum atomic E-state index is -4.87. The molecule has 2 aromatic carbocycles. The van der Waals surface area contributed by atoms with Gasteiger partial charge in [0.05, 0.1) is 40.2 Å². The van der Waals surface area contributed by atoms with Gasteiger partial charge in [-0.2, -0.15) is 4.31 Å². The molecular formula is C27H37N3O7S. The van der Waals surface area contributed by atoms with Crippen LogP contribution in [0.5, 0.6) is 0 Å². The van der Waals surface area contributed by atoms with Gasteiger partial charge in [0.1, 0.15) is 6.10 Å². The Balaban J connectivity index is 1.69. The molecule has 2 aromatic rings. The fourth-order valence-corrected chi connectivity index (χ4v) is 5.32. The van der Waals surface area contributed by atoms with Gasteiger partial charge >= 0.3 is 6.09 Å². The normalized spacial score (nSPS) is 35.3. The number of hydrogen-bond donors (Lipinski definition) is 3. The van der Waals surface area contributed by atoms with Crippen molar-refractivity contribution in [2.45, 2.75) is 55.9 Å². The summed E-state index contributed by atoms with van der Waals surface area (Å²) in [5.74, 6) is -6.34. The Hall–Kier alpha value is -2.70. The molecule has 2 saturated heterocycles. The predicted octanol–water partition coefficient (Wildman–Crippen LogP) is 2.38. The first-order valence-corrected chi connectivity index (χ1v) is 13.0. The molecular weight excluding hydrogens is 510 g/mol. The summed E-state index contributed by atoms with van der Waals surface area (Å²) in [4.78, 5) is 12.8. The van der Waals surface area contributed by atoms with Crippen LogP contribution in [0.25, 0.3) is 0 Å². The lowest BCUT2D eigenvalue weighted by Gasteiger charge is -2.31. The zero-order chi connectivity index (χ0) is 38.6. The van der Waals surface area contributed by atoms with Gasteiger partial charge in [-0.3, -0.25) is 0 Å². The van der Waals surface area contributed by atoms with Crippen LogP contribution >= 0.6 is 0 Å². The van der Waals surface area contributed by atoms with E-state index in [0.29, 0.717) is 9.87 Å². The largest absolute Gasteiger partial charge is 0.443 e. The average Bonchev–Trinajstić information content (AvgIpc) is 3.30. The third-order valence-electron chi connectivity index (χ3n) is 5.80. The van der Waals surface area contributed by atoms with Crippen LogP contribution in [0.2, 0.25) is 0 Å². The van der Waals surface area contributed by atoms with Gasteiger partial charge in [0.2, 0.25) is 10.0 Å². The molecule has 0 unspecified atom stereocenters. The number of aliphatic hydroxyl groups is 1. The fraction of sp³-hybridized carbons (Fsp3) is 0.519. The van der Waals surface area contributed by atoms with E-state index in [9.17, 15) is 18.3 Å². The molecule has 0 bridgehead atoms. The molecule has 0 radical (unpaired) electrons. The molecule has 38 heavy (non-hydrogen) atoms. The number of amides is 1. The van der Waals surface area contributed by atoms with Crippen molar-refractivity contribution in [2.75, 3.05) is 32.0 Å². The zero-order valence-electron chi connectivity index (χ0n) is 33.1. The van der Waals surface area contributed by atoms with Crippen molar-refractivity contribution in [1.82, 2.24) is 9.62 Å². The van der Waals surface area contributed by atoms with Gasteiger partial charge < -0.3 is 30.4 Å². The summed E-state index contributed by atoms with van der Waals surface area (Å²) >= 11 is 0. The Kier molecular flexibility index (Phi) is 5.17. The number of carbonyl (C=O) groups is 1. The standard InChI is InChI=1S/C27H37N3O7S/c1-18(2)15-30(38(33,34)21-10-8-20(28)9-11-21)16-24(31)23(14-19-6-4-3-5-7-19)29-27(32)37-25-17-36-26-22(25)12-13-35-26/h3-11,18,22-26,31H,12-17,28H2,1-2H3,(H,29,32)/t22-,23-,24+,25-,26+/m0/s1/i1D3,2D3,12D2,13D2,18D,22D,26D. The van der Waals surface area contributed by atoms with Crippen molar-refractivity contribution in [3.8, 4) is 0 Å². The molecule has 5 atom stereocenters. The van der Waals surface area contributed by atoms with Gasteiger partial charge in [0.15, 0.2) is 6.27 Å². The Morgan fingerprint density at radius 2 is 2.00 bits per heavy atom. The number of rotatable bonds is 11. The molecule has 208 valence electrons. The Morgan fingerprint density at radius 1 is 1.26 bits per heavy atom. The lowest BCUT2D eigenvalue weighted by molar-refractivity contribution is -0.0907. The minimum absolute atomic E-state index is 0.157. The van der Waals surface area contributed by atoms with Crippen LogP contribution in [-0.4, -0.2) is 74.7 Å². The van der Waals surface area contributed by atoms with Crippen LogP contribution < -0.4 is 11.1 Å². The Morgan fingerprint density at radius 3 is 2.71 bits per heavy atom. The number of fused-ring (bicyclic) bond motifs is 1. The molecule has 10 nitrogen and oxygen atoms in total. The summed E-state index contributed by atoms with van der Waals surface area (Å²) in [6.45, 7) is -13.6. The van der Waals surface area contributed by atoms with Gasteiger partial charge in [-0.05, 0) is 48.5 Å². The maximum atomic E-state index is 13.9. The number of sulfonamides is 1. The third-order valence-corrected chi connectivity index (χ3v) is 7.62. The van der Waals surface area contributed by atoms with E-state index in [0.717, 1.165) is 12.1 Å². The molecule has 2 aliphatic rings. The summed E-state index contributed by atoms with van der Waals surface area (Å²) in [6, 6.07) is 11.0. The van der Waals surface area contributed by atoms with E-state index < -0.39 is 104 Å². The van der Waals surface area contributed by atoms with Crippen LogP contribution in [0.1, 0.15) is 43.5 Å². The number of ether oxygens (including phenoxy) is 3. The van der Waals surface area contributed by atoms with Gasteiger partial charge in [-0.25, -0.2) is 13.2 Å². The molecule has 4 rings (SSSR count). The first kappa shape index (κ1) is 15.8. The summed E-state index contributed by atoms with van der Waals surface area (Å²) < 4.78 is 148. The molecule has 2 heterocycles. The van der Waals surface area contributed by atoms with E-state index >= 15 is 0 Å². The third kappa shape index (κ3) is 7.03. The topological polar surface area (TPSA) is 140 Å². The molecule has 0 aliphatic carbocycles. The minimum Gasteiger partial charge on any atom is -0.443 e. The molecule has 1 amide bonds. The van der Waals surface area contributed by atoms with Crippen molar-refractivity contribution < 1.29 is 50.3 Å². The van der Waals surface area contributed by atoms with Crippen LogP contribution in [0, 0.1) is 11.8 Å². The lowest BCUT2D eigenvalue weighted by atomic mass is 10.0. The Labute approximate surface area is 242 Å². The van der Waals surface area contributed by atoms with Crippen molar-refractivity contribution in [2.24, 2.45) is 11.8 Å². The maximum Gasteiger partial charge on any atom is 0.407 e. The fourth-order valence-electron chi connectivity index (χ4n) is 3.89. The maximum absolute atomic E-state index is 13.9. The summed E-state index contributed by atoms with van der Waals surface area (Å²) in [7, 11) is -4.87. The molecule has 2 aliphatic heterocycles. The number of carbonyl (C=O) groups excluding carboxylic acids is 1. The van der Waals surface area contributed by atoms with E-state index in [1.54, 1.807) is 30.3 Å². The molecule has 0 saturated carbocycles. The molecule has 4 N–H and O–H groups in total. The monoisotopic (exact) mass is 560 g/mol. The second-order valence-corrected chi connectivity index (χ2v) is 10.5. The Bertz CT molecular complexity index is 1670. The van der Waals surface area contributed by atoms with E-state index in [1.165, 1.54) is 12.1 Å². The molecule has 2 fully saturated rings. The second kappa shape index (κ2) is 12.4. The van der Waals surface area contributed by atoms with Crippen molar-refractivity contribution >= 4 is 21.8 Å². The van der Waals surface area contributed by atoms with Gasteiger partial charge in [-0.1, -0.05) is 44.0 Å². The molecule has 0 spiro atoms. The van der Waals surface area contributed by atoms with E-state index in [4.69, 9.17) is 37.8 Å². The van der Waals surface area contributed by atoms with Gasteiger partial charge in [-0.15, -0.1) is 0 Å². The first-order valence-electron chi connectivity index (χ1n) is 18.0. The lowest BCUT2D eigenvalue weighted by Crippen LogP contribution is -2.51. The summed E-state index contributed by atoms with van der Waals surface area (Å²) in [5, 5.41) is 13.8. The second-order valence-electron chi connectivity index (χ2n) is 8.59. The van der Waals surface area contributed by atoms with Gasteiger partial charge in [0, 0.05) is 32.5 Å². The number of hydrogen-bond acceptors (Lipinski definition) is 8. The highest BCUT2D eigenvalue weighted by molar-refractivity contribution is 7.89. The van der Waals surface area contributed by atoms with E-state index in [1.807, 2.05) is 0 Å². The predicted molar refractivity (Wildman–Crippen MR) is 142 cm³/mol. The van der Waals surface area contributed by atoms with Crippen LogP contribution in [-0.2, 0) is 30.7 Å². The number of alkyl carbamates (subject to hydrolysis) is 1. The number of nitrogens with one attached hydrogen (secondary N) is 1. The number of anilines is 1. The SMILES string of the molecule is [2H]C([2H])([2H])C([2H])(CN(C[C@@H](O)[C@H](Cc1ccccc1)NC(=O)O[C@H]1CO[C@@]2([2H])OC([2H])([2H])C([2H])([2H])[C@@]12[2H])S(=O)(=O)c1ccc(N)cc1)C([2H])([2H])[2H]. The number of aliphatic hydroxyl groups excluding tert-OH is 1. The quantitative estimate of drug-likeness (QED) is 0.356. The average molecular weight is 561 g/mol. The highest BCUT2D eigenvalue weighted by Gasteiger charge is 2.44. The number of nitrogens with two attached hydrogens (primary N) is 1. The van der Waals surface area contributed by atoms with Crippen LogP contribution in [0.4, 0.5) is 10.5 Å². The van der Waals surface area contributed by atoms with E-state index in [2.05, 4.69) is 5.32 Å². The highest BCUT2D eigenvalue weighted by Crippen LogP contribution is 2.33. The van der Waals surface area contributed by atoms with Crippen LogP contribution in [0.15, 0.2) is 59.5 Å². The summed E-state index contributed by atoms with van der Waals surface area (Å²) in [6.07, 6.45) is -11.7. The van der Waals surface area contributed by atoms with E-state index in [-0.39, 0.29) is 12.1 Å². The van der Waals surface area contributed by atoms with Crippen molar-refractivity contribution in [1.29, 1.82) is 0 Å². The van der Waals surface area contributed by atoms with Gasteiger partial charge in [0.25, 0.3) is 0 Å². The van der Waals surface area contributed by atoms with Crippen LogP contribution in [0.3, 0.4) is 0 Å². The smallest absolute Gasteiger partial charge is 0.407 e. The molecule has 0 aromatic heterocycles.